The third kappa shape index (κ3) is 4.64. The van der Waals surface area contributed by atoms with Crippen molar-refractivity contribution in [3.8, 4) is 11.4 Å². The molecule has 1 saturated carbocycles. The molecule has 0 N–H and O–H groups in total. The first-order chi connectivity index (χ1) is 16.7. The molecule has 176 valence electrons. The molecule has 0 unspecified atom stereocenters. The second kappa shape index (κ2) is 9.85. The van der Waals surface area contributed by atoms with Gasteiger partial charge in [0.25, 0.3) is 0 Å². The lowest BCUT2D eigenvalue weighted by Gasteiger charge is -2.28. The van der Waals surface area contributed by atoms with E-state index >= 15 is 0 Å². The van der Waals surface area contributed by atoms with Gasteiger partial charge in [-0.1, -0.05) is 48.5 Å². The fourth-order valence-corrected chi connectivity index (χ4v) is 4.85. The van der Waals surface area contributed by atoms with Crippen molar-refractivity contribution in [2.24, 2.45) is 0 Å². The van der Waals surface area contributed by atoms with Crippen LogP contribution in [-0.4, -0.2) is 51.7 Å². The number of methoxy groups -OCH3 is 1. The van der Waals surface area contributed by atoms with Gasteiger partial charge in [-0.05, 0) is 30.5 Å². The highest BCUT2D eigenvalue weighted by atomic mass is 16.5. The smallest absolute Gasteiger partial charge is 0.227 e. The van der Waals surface area contributed by atoms with Gasteiger partial charge in [0.15, 0.2) is 0 Å². The number of amides is 1. The molecule has 0 radical (unpaired) electrons. The van der Waals surface area contributed by atoms with E-state index in [0.29, 0.717) is 19.0 Å². The van der Waals surface area contributed by atoms with Gasteiger partial charge >= 0.3 is 0 Å². The Hall–Kier alpha value is -3.38. The highest BCUT2D eigenvalue weighted by Gasteiger charge is 2.35. The molecule has 0 atom stereocenters. The largest absolute Gasteiger partial charge is 0.494 e. The van der Waals surface area contributed by atoms with Crippen LogP contribution < -0.4 is 4.74 Å². The van der Waals surface area contributed by atoms with Crippen LogP contribution in [0.25, 0.3) is 5.69 Å². The van der Waals surface area contributed by atoms with Gasteiger partial charge in [0.05, 0.1) is 31.5 Å². The Morgan fingerprint density at radius 3 is 2.68 bits per heavy atom. The van der Waals surface area contributed by atoms with Crippen LogP contribution >= 0.6 is 0 Å². The average molecular weight is 457 g/mol. The Bertz CT molecular complexity index is 1170. The second-order valence-electron chi connectivity index (χ2n) is 9.14. The first-order valence-electron chi connectivity index (χ1n) is 12.1. The van der Waals surface area contributed by atoms with Gasteiger partial charge in [0, 0.05) is 37.7 Å². The van der Waals surface area contributed by atoms with Crippen molar-refractivity contribution in [2.75, 3.05) is 20.2 Å². The van der Waals surface area contributed by atoms with Crippen molar-refractivity contribution in [1.29, 1.82) is 0 Å². The van der Waals surface area contributed by atoms with E-state index in [0.717, 1.165) is 61.6 Å². The number of carbonyl (C=O) groups excluding carboxylic acids is 1. The number of para-hydroxylation sites is 2. The van der Waals surface area contributed by atoms with E-state index in [1.807, 2.05) is 65.4 Å². The fourth-order valence-electron chi connectivity index (χ4n) is 4.85. The van der Waals surface area contributed by atoms with Gasteiger partial charge < -0.3 is 9.64 Å². The minimum absolute atomic E-state index is 0.174. The van der Waals surface area contributed by atoms with Crippen LogP contribution in [0, 0.1) is 0 Å². The number of carbonyl (C=O) groups is 1. The molecule has 0 spiro atoms. The van der Waals surface area contributed by atoms with Crippen LogP contribution in [0.4, 0.5) is 0 Å². The maximum absolute atomic E-state index is 13.4. The van der Waals surface area contributed by atoms with E-state index in [4.69, 9.17) is 9.84 Å². The summed E-state index contributed by atoms with van der Waals surface area (Å²) in [4.78, 5) is 17.8. The molecule has 6 nitrogen and oxygen atoms in total. The Morgan fingerprint density at radius 2 is 1.94 bits per heavy atom. The molecule has 6 heteroatoms. The molecule has 0 saturated heterocycles. The number of nitrogens with zero attached hydrogens (tertiary/aromatic N) is 4. The maximum Gasteiger partial charge on any atom is 0.227 e. The Balaban J connectivity index is 1.49. The van der Waals surface area contributed by atoms with E-state index in [1.165, 1.54) is 11.3 Å². The number of fused-ring (bicyclic) bond motifs is 1. The zero-order chi connectivity index (χ0) is 23.5. The minimum atomic E-state index is 0.174. The van der Waals surface area contributed by atoms with Gasteiger partial charge in [-0.25, -0.2) is 4.68 Å². The van der Waals surface area contributed by atoms with Crippen molar-refractivity contribution in [3.05, 3.63) is 89.8 Å². The molecule has 2 aliphatic rings. The molecule has 1 aromatic heterocycles. The topological polar surface area (TPSA) is 50.6 Å². The summed E-state index contributed by atoms with van der Waals surface area (Å²) in [5.74, 6) is 0.972. The summed E-state index contributed by atoms with van der Waals surface area (Å²) < 4.78 is 7.69. The molecule has 1 fully saturated rings. The predicted octanol–water partition coefficient (Wildman–Crippen LogP) is 4.16. The third-order valence-corrected chi connectivity index (χ3v) is 6.75. The zero-order valence-electron chi connectivity index (χ0n) is 19.8. The standard InChI is InChI=1S/C28H32N4O2/c1-3-16-30-17-15-25-23(19-30)24(29-32(25)26-11-7-8-12-27(26)34-2)20-31(22-13-14-22)28(33)18-21-9-5-4-6-10-21/h3-12,22H,1,13-20H2,2H3. The van der Waals surface area contributed by atoms with Crippen molar-refractivity contribution in [2.45, 2.75) is 44.8 Å². The van der Waals surface area contributed by atoms with Crippen LogP contribution in [0.2, 0.25) is 0 Å². The molecular formula is C28H32N4O2. The first-order valence-corrected chi connectivity index (χ1v) is 12.1. The molecule has 2 heterocycles. The second-order valence-corrected chi connectivity index (χ2v) is 9.14. The van der Waals surface area contributed by atoms with Gasteiger partial charge in [-0.2, -0.15) is 5.10 Å². The van der Waals surface area contributed by atoms with Gasteiger partial charge in [0.2, 0.25) is 5.91 Å². The average Bonchev–Trinajstić information content (AvgIpc) is 3.65. The fraction of sp³-hybridized carbons (Fsp3) is 0.357. The monoisotopic (exact) mass is 456 g/mol. The molecule has 1 amide bonds. The predicted molar refractivity (Wildman–Crippen MR) is 133 cm³/mol. The number of rotatable bonds is 9. The lowest BCUT2D eigenvalue weighted by atomic mass is 10.0. The van der Waals surface area contributed by atoms with Crippen molar-refractivity contribution in [3.63, 3.8) is 0 Å². The van der Waals surface area contributed by atoms with E-state index in [9.17, 15) is 4.79 Å². The quantitative estimate of drug-likeness (QED) is 0.454. The minimum Gasteiger partial charge on any atom is -0.494 e. The van der Waals surface area contributed by atoms with E-state index in [2.05, 4.69) is 16.4 Å². The highest BCUT2D eigenvalue weighted by molar-refractivity contribution is 5.79. The molecule has 2 aromatic carbocycles. The van der Waals surface area contributed by atoms with E-state index in [1.54, 1.807) is 7.11 Å². The lowest BCUT2D eigenvalue weighted by molar-refractivity contribution is -0.131. The molecule has 3 aromatic rings. The van der Waals surface area contributed by atoms with Crippen molar-refractivity contribution >= 4 is 5.91 Å². The van der Waals surface area contributed by atoms with Crippen LogP contribution in [0.5, 0.6) is 5.75 Å². The molecular weight excluding hydrogens is 424 g/mol. The molecule has 1 aliphatic heterocycles. The summed E-state index contributed by atoms with van der Waals surface area (Å²) in [6.07, 6.45) is 5.41. The molecule has 0 bridgehead atoms. The van der Waals surface area contributed by atoms with Crippen LogP contribution in [-0.2, 0) is 30.7 Å². The Morgan fingerprint density at radius 1 is 1.18 bits per heavy atom. The summed E-state index contributed by atoms with van der Waals surface area (Å²) in [6.45, 7) is 7.08. The maximum atomic E-state index is 13.4. The number of ether oxygens (including phenoxy) is 1. The van der Waals surface area contributed by atoms with Crippen molar-refractivity contribution < 1.29 is 9.53 Å². The zero-order valence-corrected chi connectivity index (χ0v) is 19.8. The number of hydrogen-bond acceptors (Lipinski definition) is 4. The summed E-state index contributed by atoms with van der Waals surface area (Å²) in [5.41, 5.74) is 5.43. The lowest BCUT2D eigenvalue weighted by Crippen LogP contribution is -2.35. The van der Waals surface area contributed by atoms with Crippen LogP contribution in [0.15, 0.2) is 67.3 Å². The van der Waals surface area contributed by atoms with Gasteiger partial charge in [-0.15, -0.1) is 6.58 Å². The summed E-state index contributed by atoms with van der Waals surface area (Å²) >= 11 is 0. The number of benzene rings is 2. The van der Waals surface area contributed by atoms with E-state index < -0.39 is 0 Å². The summed E-state index contributed by atoms with van der Waals surface area (Å²) in [6, 6.07) is 18.3. The SMILES string of the molecule is C=CCN1CCc2c(c(CN(C(=O)Cc3ccccc3)C3CC3)nn2-c2ccccc2OC)C1. The molecule has 5 rings (SSSR count). The van der Waals surface area contributed by atoms with Gasteiger partial charge in [0.1, 0.15) is 11.4 Å². The number of hydrogen-bond donors (Lipinski definition) is 0. The van der Waals surface area contributed by atoms with Crippen LogP contribution in [0.1, 0.15) is 35.4 Å². The van der Waals surface area contributed by atoms with Crippen LogP contribution in [0.3, 0.4) is 0 Å². The first kappa shape index (κ1) is 22.4. The van der Waals surface area contributed by atoms with Crippen molar-refractivity contribution in [1.82, 2.24) is 19.6 Å². The molecule has 34 heavy (non-hydrogen) atoms. The Kier molecular flexibility index (Phi) is 6.50. The summed E-state index contributed by atoms with van der Waals surface area (Å²) in [5, 5.41) is 5.09. The third-order valence-electron chi connectivity index (χ3n) is 6.75. The normalized spacial score (nSPS) is 15.6. The highest BCUT2D eigenvalue weighted by Crippen LogP contribution is 2.33. The van der Waals surface area contributed by atoms with E-state index in [-0.39, 0.29) is 5.91 Å². The van der Waals surface area contributed by atoms with Gasteiger partial charge in [-0.3, -0.25) is 9.69 Å². The number of aromatic nitrogens is 2. The summed E-state index contributed by atoms with van der Waals surface area (Å²) in [7, 11) is 1.69. The Labute approximate surface area is 201 Å². The molecule has 1 aliphatic carbocycles.